The molecule has 210 valence electrons. The molecule has 0 heterocycles. The van der Waals surface area contributed by atoms with E-state index in [4.69, 9.17) is 0 Å². The maximum atomic E-state index is 13.8. The van der Waals surface area contributed by atoms with E-state index in [2.05, 4.69) is 5.10 Å². The van der Waals surface area contributed by atoms with Gasteiger partial charge < -0.3 is 4.90 Å². The van der Waals surface area contributed by atoms with Crippen LogP contribution in [0.15, 0.2) is 59.7 Å². The highest BCUT2D eigenvalue weighted by molar-refractivity contribution is 5.87. The number of para-hydroxylation sites is 1. The largest absolute Gasteiger partial charge is 0.460 e. The third kappa shape index (κ3) is 5.09. The fourth-order valence-corrected chi connectivity index (χ4v) is 2.73. The Morgan fingerprint density at radius 1 is 0.684 bits per heavy atom. The Morgan fingerprint density at radius 3 is 1.61 bits per heavy atom. The highest BCUT2D eigenvalue weighted by Gasteiger charge is 2.91. The van der Waals surface area contributed by atoms with Crippen LogP contribution < -0.4 is 10.3 Å². The number of anilines is 2. The number of nitrogens with one attached hydrogen (secondary N) is 1. The van der Waals surface area contributed by atoms with Crippen molar-refractivity contribution in [3.63, 3.8) is 0 Å². The first-order chi connectivity index (χ1) is 17.1. The summed E-state index contributed by atoms with van der Waals surface area (Å²) in [4.78, 5) is 13.1. The molecule has 0 atom stereocenters. The molecule has 1 N–H and O–H groups in total. The molecule has 0 bridgehead atoms. The Hall–Kier alpha value is -3.53. The average molecular weight is 571 g/mol. The topological polar surface area (TPSA) is 44.7 Å². The van der Waals surface area contributed by atoms with Crippen LogP contribution >= 0.6 is 0 Å². The Kier molecular flexibility index (Phi) is 8.06. The zero-order chi connectivity index (χ0) is 29.4. The number of hydrogen-bond acceptors (Lipinski definition) is 3. The summed E-state index contributed by atoms with van der Waals surface area (Å²) < 4.78 is 170. The molecule has 0 saturated carbocycles. The molecule has 0 saturated heterocycles. The van der Waals surface area contributed by atoms with Crippen molar-refractivity contribution in [2.75, 3.05) is 11.9 Å². The molecule has 17 heteroatoms. The summed E-state index contributed by atoms with van der Waals surface area (Å²) in [6, 6.07) is 14.2. The zero-order valence-electron chi connectivity index (χ0n) is 18.5. The smallest absolute Gasteiger partial charge is 0.345 e. The number of carbonyl (C=O) groups is 1. The van der Waals surface area contributed by atoms with Crippen molar-refractivity contribution < 1.29 is 61.9 Å². The summed E-state index contributed by atoms with van der Waals surface area (Å²) in [5.41, 5.74) is 1.96. The normalized spacial score (nSPS) is 14.1. The Morgan fingerprint density at radius 2 is 1.13 bits per heavy atom. The highest BCUT2D eigenvalue weighted by Crippen LogP contribution is 2.60. The van der Waals surface area contributed by atoms with Crippen molar-refractivity contribution in [2.24, 2.45) is 5.10 Å². The zero-order valence-corrected chi connectivity index (χ0v) is 18.5. The fraction of sp³-hybridized carbons (Fsp3) is 0.333. The van der Waals surface area contributed by atoms with Gasteiger partial charge in [-0.05, 0) is 29.8 Å². The fourth-order valence-electron chi connectivity index (χ4n) is 2.73. The molecule has 2 aromatic rings. The number of benzene rings is 2. The number of alkyl halides is 13. The van der Waals surface area contributed by atoms with E-state index in [1.165, 1.54) is 24.3 Å². The number of rotatable bonds is 9. The van der Waals surface area contributed by atoms with Crippen LogP contribution in [0, 0.1) is 0 Å². The Labute approximate surface area is 204 Å². The summed E-state index contributed by atoms with van der Waals surface area (Å²) in [6.45, 7) is 0. The van der Waals surface area contributed by atoms with Gasteiger partial charge in [-0.2, -0.15) is 62.2 Å². The van der Waals surface area contributed by atoms with Crippen molar-refractivity contribution in [1.29, 1.82) is 0 Å². The number of hydrogen-bond donors (Lipinski definition) is 1. The summed E-state index contributed by atoms with van der Waals surface area (Å²) in [5, 5.41) is 2.77. The first-order valence-corrected chi connectivity index (χ1v) is 9.81. The second-order valence-electron chi connectivity index (χ2n) is 7.55. The summed E-state index contributed by atoms with van der Waals surface area (Å²) in [5.74, 6) is -42.2. The second-order valence-corrected chi connectivity index (χ2v) is 7.55. The van der Waals surface area contributed by atoms with Gasteiger partial charge in [-0.1, -0.05) is 30.3 Å². The molecular formula is C21H14F13N3O. The maximum absolute atomic E-state index is 13.8. The molecule has 0 aliphatic carbocycles. The minimum Gasteiger partial charge on any atom is -0.345 e. The first kappa shape index (κ1) is 30.7. The van der Waals surface area contributed by atoms with Gasteiger partial charge in [0.1, 0.15) is 0 Å². The molecule has 0 aromatic heterocycles. The minimum atomic E-state index is -8.09. The SMILES string of the molecule is CN(c1ccccc1)c1ccc(C=NNC(=O)C(F)(F)C(F)(F)C(F)(F)C(F)(F)C(F)(F)C(F)(F)F)cc1. The molecule has 0 radical (unpaired) electrons. The van der Waals surface area contributed by atoms with Crippen LogP contribution in [0.25, 0.3) is 0 Å². The quantitative estimate of drug-likeness (QED) is 0.208. The van der Waals surface area contributed by atoms with Crippen LogP contribution in [0.3, 0.4) is 0 Å². The molecule has 0 fully saturated rings. The molecule has 38 heavy (non-hydrogen) atoms. The molecule has 1 amide bonds. The number of carbonyl (C=O) groups excluding carboxylic acids is 1. The van der Waals surface area contributed by atoms with Gasteiger partial charge in [-0.3, -0.25) is 4.79 Å². The van der Waals surface area contributed by atoms with Gasteiger partial charge in [0.2, 0.25) is 0 Å². The van der Waals surface area contributed by atoms with Gasteiger partial charge in [0, 0.05) is 18.4 Å². The predicted molar refractivity (Wildman–Crippen MR) is 107 cm³/mol. The summed E-state index contributed by atoms with van der Waals surface area (Å²) in [6.07, 6.45) is -7.01. The molecule has 0 unspecified atom stereocenters. The highest BCUT2D eigenvalue weighted by atomic mass is 19.4. The Bertz CT molecular complexity index is 1150. The van der Waals surface area contributed by atoms with Gasteiger partial charge in [0.05, 0.1) is 6.21 Å². The van der Waals surface area contributed by atoms with Crippen LogP contribution in [-0.2, 0) is 4.79 Å². The van der Waals surface area contributed by atoms with Crippen molar-refractivity contribution in [2.45, 2.75) is 35.8 Å². The lowest BCUT2D eigenvalue weighted by atomic mass is 9.93. The van der Waals surface area contributed by atoms with Crippen molar-refractivity contribution in [3.05, 3.63) is 60.2 Å². The van der Waals surface area contributed by atoms with E-state index in [1.807, 2.05) is 0 Å². The molecule has 2 rings (SSSR count). The van der Waals surface area contributed by atoms with Crippen LogP contribution in [0.1, 0.15) is 5.56 Å². The lowest BCUT2D eigenvalue weighted by Gasteiger charge is -2.38. The molecule has 0 spiro atoms. The van der Waals surface area contributed by atoms with Gasteiger partial charge in [-0.15, -0.1) is 0 Å². The van der Waals surface area contributed by atoms with Crippen molar-refractivity contribution >= 4 is 23.5 Å². The lowest BCUT2D eigenvalue weighted by Crippen LogP contribution is -2.71. The number of hydrazone groups is 1. The van der Waals surface area contributed by atoms with Gasteiger partial charge >= 0.3 is 41.7 Å². The van der Waals surface area contributed by atoms with E-state index in [0.29, 0.717) is 17.3 Å². The van der Waals surface area contributed by atoms with E-state index in [1.54, 1.807) is 42.3 Å². The standard InChI is InChI=1S/C21H14F13N3O/c1-37(13-5-3-2-4-6-13)14-9-7-12(8-10-14)11-35-36-15(38)16(22,23)17(24,25)18(26,27)19(28,29)20(30,31)21(32,33)34/h2-11H,1H3,(H,36,38). The molecule has 0 aliphatic rings. The second kappa shape index (κ2) is 9.98. The first-order valence-electron chi connectivity index (χ1n) is 9.81. The molecule has 2 aromatic carbocycles. The molecule has 4 nitrogen and oxygen atoms in total. The average Bonchev–Trinajstić information content (AvgIpc) is 2.83. The number of amides is 1. The minimum absolute atomic E-state index is 0.00673. The third-order valence-electron chi connectivity index (χ3n) is 5.02. The van der Waals surface area contributed by atoms with Crippen LogP contribution in [0.5, 0.6) is 0 Å². The van der Waals surface area contributed by atoms with E-state index < -0.39 is 41.7 Å². The van der Waals surface area contributed by atoms with E-state index in [-0.39, 0.29) is 5.56 Å². The predicted octanol–water partition coefficient (Wildman–Crippen LogP) is 6.64. The van der Waals surface area contributed by atoms with Crippen molar-refractivity contribution in [1.82, 2.24) is 5.43 Å². The maximum Gasteiger partial charge on any atom is 0.460 e. The monoisotopic (exact) mass is 571 g/mol. The van der Waals surface area contributed by atoms with Crippen LogP contribution in [0.2, 0.25) is 0 Å². The van der Waals surface area contributed by atoms with Gasteiger partial charge in [-0.25, -0.2) is 5.43 Å². The molecular weight excluding hydrogens is 557 g/mol. The lowest BCUT2D eigenvalue weighted by molar-refractivity contribution is -0.436. The van der Waals surface area contributed by atoms with Crippen molar-refractivity contribution in [3.8, 4) is 0 Å². The van der Waals surface area contributed by atoms with E-state index >= 15 is 0 Å². The van der Waals surface area contributed by atoms with E-state index in [9.17, 15) is 61.9 Å². The van der Waals surface area contributed by atoms with Gasteiger partial charge in [0.15, 0.2) is 0 Å². The van der Waals surface area contributed by atoms with Crippen LogP contribution in [-0.4, -0.2) is 55.0 Å². The molecule has 0 aliphatic heterocycles. The Balaban J connectivity index is 2.20. The number of halogens is 13. The summed E-state index contributed by atoms with van der Waals surface area (Å²) >= 11 is 0. The van der Waals surface area contributed by atoms with Crippen LogP contribution in [0.4, 0.5) is 68.5 Å². The van der Waals surface area contributed by atoms with Gasteiger partial charge in [0.25, 0.3) is 0 Å². The summed E-state index contributed by atoms with van der Waals surface area (Å²) in [7, 11) is 1.67. The number of nitrogens with zero attached hydrogens (tertiary/aromatic N) is 2. The van der Waals surface area contributed by atoms with E-state index in [0.717, 1.165) is 5.69 Å². The third-order valence-corrected chi connectivity index (χ3v) is 5.02.